The number of nitriles is 8. The van der Waals surface area contributed by atoms with Crippen molar-refractivity contribution in [2.45, 2.75) is 5.92 Å². The molecule has 17 nitrogen and oxygen atoms in total. The fourth-order valence-corrected chi connectivity index (χ4v) is 5.20. The molecule has 0 saturated heterocycles. The van der Waals surface area contributed by atoms with Gasteiger partial charge in [0.05, 0.1) is 50.3 Å². The van der Waals surface area contributed by atoms with Gasteiger partial charge in [-0.3, -0.25) is 0 Å². The van der Waals surface area contributed by atoms with Crippen LogP contribution in [0.3, 0.4) is 0 Å². The van der Waals surface area contributed by atoms with Gasteiger partial charge in [-0.05, 0) is 30.3 Å². The van der Waals surface area contributed by atoms with E-state index in [0.29, 0.717) is 11.0 Å². The molecule has 0 spiro atoms. The molecule has 6 aromatic rings. The maximum absolute atomic E-state index is 10.4. The van der Waals surface area contributed by atoms with E-state index in [4.69, 9.17) is 4.42 Å². The monoisotopic (exact) mass is 656 g/mol. The molecule has 4 heterocycles. The zero-order chi connectivity index (χ0) is 35.8. The number of benzene rings is 3. The summed E-state index contributed by atoms with van der Waals surface area (Å²) in [5.41, 5.74) is 0.997. The first kappa shape index (κ1) is 30.5. The number of nitrogens with one attached hydrogen (secondary N) is 1. The smallest absolute Gasteiger partial charge is 0.266 e. The van der Waals surface area contributed by atoms with Crippen molar-refractivity contribution in [2.24, 2.45) is 9.98 Å². The van der Waals surface area contributed by atoms with Crippen LogP contribution in [0.25, 0.3) is 45.2 Å². The third kappa shape index (κ3) is 4.93. The van der Waals surface area contributed by atoms with Crippen molar-refractivity contribution in [1.82, 2.24) is 29.9 Å². The molecule has 230 valence electrons. The zero-order valence-electron chi connectivity index (χ0n) is 25.2. The van der Waals surface area contributed by atoms with Gasteiger partial charge in [0.25, 0.3) is 5.89 Å². The number of oxazole rings is 1. The fraction of sp³-hybridized carbons (Fsp3) is 0.0294. The number of fused-ring (bicyclic) bond motifs is 3. The van der Waals surface area contributed by atoms with Gasteiger partial charge in [0.1, 0.15) is 59.2 Å². The molecule has 1 aliphatic heterocycles. The first-order chi connectivity index (χ1) is 24.9. The molecule has 0 amide bonds. The Morgan fingerprint density at radius 1 is 0.667 bits per heavy atom. The van der Waals surface area contributed by atoms with Crippen LogP contribution in [-0.4, -0.2) is 29.9 Å². The summed E-state index contributed by atoms with van der Waals surface area (Å²) in [7, 11) is 0. The van der Waals surface area contributed by atoms with Crippen molar-refractivity contribution in [3.8, 4) is 71.7 Å². The van der Waals surface area contributed by atoms with E-state index in [1.165, 1.54) is 36.4 Å². The maximum atomic E-state index is 10.4. The third-order valence-electron chi connectivity index (χ3n) is 7.55. The van der Waals surface area contributed by atoms with Crippen LogP contribution in [0.5, 0.6) is 0 Å². The summed E-state index contributed by atoms with van der Waals surface area (Å²) >= 11 is 0. The van der Waals surface area contributed by atoms with E-state index in [-0.39, 0.29) is 95.8 Å². The van der Waals surface area contributed by atoms with Crippen LogP contribution < -0.4 is 10.7 Å². The van der Waals surface area contributed by atoms with Crippen molar-refractivity contribution < 1.29 is 4.42 Å². The summed E-state index contributed by atoms with van der Waals surface area (Å²) in [4.78, 5) is 33.8. The normalized spacial score (nSPS) is 11.6. The summed E-state index contributed by atoms with van der Waals surface area (Å²) in [6, 6.07) is 23.8. The molecule has 0 bridgehead atoms. The number of H-pyrrole nitrogens is 1. The van der Waals surface area contributed by atoms with E-state index in [2.05, 4.69) is 52.0 Å². The predicted molar refractivity (Wildman–Crippen MR) is 166 cm³/mol. The predicted octanol–water partition coefficient (Wildman–Crippen LogP) is 2.75. The number of imidazole rings is 1. The molecular weight excluding hydrogens is 648 g/mol. The number of allylic oxidation sites excluding steroid dienone is 1. The Labute approximate surface area is 283 Å². The third-order valence-corrected chi connectivity index (χ3v) is 7.55. The Bertz CT molecular complexity index is 2970. The molecule has 1 aliphatic rings. The largest absolute Gasteiger partial charge is 0.433 e. The lowest BCUT2D eigenvalue weighted by Gasteiger charge is -2.09. The fourth-order valence-electron chi connectivity index (χ4n) is 5.20. The highest BCUT2D eigenvalue weighted by atomic mass is 16.3. The molecule has 3 aromatic heterocycles. The molecule has 0 radical (unpaired) electrons. The summed E-state index contributed by atoms with van der Waals surface area (Å²) in [5, 5.41) is 77.5. The minimum atomic E-state index is -1.31. The quantitative estimate of drug-likeness (QED) is 0.267. The lowest BCUT2D eigenvalue weighted by Crippen LogP contribution is -2.26. The summed E-state index contributed by atoms with van der Waals surface area (Å²) < 4.78 is 5.90. The van der Waals surface area contributed by atoms with E-state index >= 15 is 0 Å². The molecule has 1 atom stereocenters. The van der Waals surface area contributed by atoms with Crippen molar-refractivity contribution in [3.05, 3.63) is 98.0 Å². The Morgan fingerprint density at radius 2 is 1.33 bits per heavy atom. The molecule has 3 aromatic carbocycles. The second-order valence-electron chi connectivity index (χ2n) is 10.4. The molecule has 7 rings (SSSR count). The standard InChI is InChI=1S/C34H8N16O/c35-7-15-3-24-25(4-16(15)8-36)45-31(44-24)22(14-42)32-48-30(20-1-2-23-28(21(20)13-41)47-29(43-23)19(11-39)12-40)49-33(50-32)34-46-26-5-17(9-37)18(10-38)6-27(26)51-34/h1-6,22H,(H,44,45). The van der Waals surface area contributed by atoms with Gasteiger partial charge in [-0.25, -0.2) is 34.9 Å². The second kappa shape index (κ2) is 11.9. The van der Waals surface area contributed by atoms with Crippen molar-refractivity contribution in [1.29, 1.82) is 42.1 Å². The van der Waals surface area contributed by atoms with Gasteiger partial charge in [-0.1, -0.05) is 0 Å². The number of rotatable bonds is 4. The van der Waals surface area contributed by atoms with E-state index in [9.17, 15) is 42.1 Å². The van der Waals surface area contributed by atoms with Crippen LogP contribution >= 0.6 is 0 Å². The van der Waals surface area contributed by atoms with Crippen LogP contribution in [0.1, 0.15) is 45.4 Å². The maximum Gasteiger partial charge on any atom is 0.266 e. The Kier molecular flexibility index (Phi) is 7.12. The van der Waals surface area contributed by atoms with E-state index < -0.39 is 5.92 Å². The number of hydrogen-bond donors (Lipinski definition) is 1. The van der Waals surface area contributed by atoms with E-state index in [1.807, 2.05) is 24.3 Å². The van der Waals surface area contributed by atoms with Gasteiger partial charge < -0.3 is 9.40 Å². The molecule has 0 saturated carbocycles. The number of aromatic nitrogens is 6. The molecule has 0 aliphatic carbocycles. The number of nitrogens with zero attached hydrogens (tertiary/aromatic N) is 15. The van der Waals surface area contributed by atoms with Gasteiger partial charge in [0, 0.05) is 11.6 Å². The molecule has 17 heteroatoms. The van der Waals surface area contributed by atoms with Gasteiger partial charge in [0.15, 0.2) is 34.5 Å². The molecule has 1 N–H and O–H groups in total. The van der Waals surface area contributed by atoms with Gasteiger partial charge >= 0.3 is 0 Å². The Morgan fingerprint density at radius 3 is 2.00 bits per heavy atom. The first-order valence-electron chi connectivity index (χ1n) is 14.2. The second-order valence-corrected chi connectivity index (χ2v) is 10.4. The molecule has 0 fully saturated rings. The van der Waals surface area contributed by atoms with Gasteiger partial charge in [-0.15, -0.1) is 0 Å². The van der Waals surface area contributed by atoms with Crippen LogP contribution in [0.2, 0.25) is 0 Å². The highest BCUT2D eigenvalue weighted by Crippen LogP contribution is 2.30. The summed E-state index contributed by atoms with van der Waals surface area (Å²) in [6.45, 7) is 0. The van der Waals surface area contributed by atoms with Crippen LogP contribution in [0.15, 0.2) is 62.2 Å². The van der Waals surface area contributed by atoms with Crippen LogP contribution in [-0.2, 0) is 0 Å². The Balaban J connectivity index is 1.48. The zero-order valence-corrected chi connectivity index (χ0v) is 25.2. The summed E-state index contributed by atoms with van der Waals surface area (Å²) in [5.74, 6) is -2.09. The molecule has 51 heavy (non-hydrogen) atoms. The highest BCUT2D eigenvalue weighted by molar-refractivity contribution is 5.81. The Hall–Kier alpha value is -9.13. The topological polar surface area (TPSA) is 308 Å². The summed E-state index contributed by atoms with van der Waals surface area (Å²) in [6.07, 6.45) is 0. The number of hydrogen-bond acceptors (Lipinski definition) is 16. The minimum Gasteiger partial charge on any atom is -0.433 e. The highest BCUT2D eigenvalue weighted by Gasteiger charge is 2.27. The van der Waals surface area contributed by atoms with Gasteiger partial charge in [0.2, 0.25) is 5.82 Å². The first-order valence-corrected chi connectivity index (χ1v) is 14.2. The average molecular weight is 657 g/mol. The van der Waals surface area contributed by atoms with Crippen molar-refractivity contribution in [3.63, 3.8) is 0 Å². The van der Waals surface area contributed by atoms with E-state index in [0.717, 1.165) is 0 Å². The minimum absolute atomic E-state index is 0.0496. The van der Waals surface area contributed by atoms with Crippen LogP contribution in [0.4, 0.5) is 0 Å². The number of aromatic amines is 1. The van der Waals surface area contributed by atoms with Crippen molar-refractivity contribution >= 4 is 22.1 Å². The SMILES string of the molecule is N#CC(C#N)=C1N=c2ccc(-c3nc(-c4nc5cc(C#N)c(C#N)cc5o4)nc(C(C#N)c4nc5cc(C#N)c(C#N)cc5[nH]4)n3)c(C#N)c2=N1. The lowest BCUT2D eigenvalue weighted by molar-refractivity contribution is 0.610. The van der Waals surface area contributed by atoms with Crippen LogP contribution in [0, 0.1) is 90.6 Å². The average Bonchev–Trinajstić information content (AvgIpc) is 3.90. The molecular formula is C34H8N16O. The lowest BCUT2D eigenvalue weighted by atomic mass is 10.1. The van der Waals surface area contributed by atoms with Crippen molar-refractivity contribution in [2.75, 3.05) is 0 Å². The molecule has 1 unspecified atom stereocenters. The van der Waals surface area contributed by atoms with Gasteiger partial charge in [-0.2, -0.15) is 42.1 Å². The van der Waals surface area contributed by atoms with E-state index in [1.54, 1.807) is 12.1 Å².